The Bertz CT molecular complexity index is 831. The molecule has 1 aromatic heterocycles. The lowest BCUT2D eigenvalue weighted by molar-refractivity contribution is -0.134. The number of amides is 2. The molecule has 1 saturated heterocycles. The Kier molecular flexibility index (Phi) is 6.54. The summed E-state index contributed by atoms with van der Waals surface area (Å²) in [6.45, 7) is 1.58. The number of benzene rings is 1. The maximum absolute atomic E-state index is 14.3. The van der Waals surface area contributed by atoms with Gasteiger partial charge < -0.3 is 15.4 Å². The molecule has 3 rings (SSSR count). The van der Waals surface area contributed by atoms with Gasteiger partial charge in [-0.3, -0.25) is 19.5 Å². The summed E-state index contributed by atoms with van der Waals surface area (Å²) in [4.78, 5) is 30.5. The van der Waals surface area contributed by atoms with Crippen LogP contribution in [0.3, 0.4) is 0 Å². The molecule has 0 radical (unpaired) electrons. The second-order valence-electron chi connectivity index (χ2n) is 6.58. The second-order valence-corrected chi connectivity index (χ2v) is 6.58. The van der Waals surface area contributed by atoms with Crippen LogP contribution in [0.1, 0.15) is 17.5 Å². The highest BCUT2D eigenvalue weighted by Gasteiger charge is 2.32. The zero-order valence-electron chi connectivity index (χ0n) is 15.7. The van der Waals surface area contributed by atoms with Gasteiger partial charge in [-0.25, -0.2) is 4.39 Å². The summed E-state index contributed by atoms with van der Waals surface area (Å²) in [5.74, 6) is -0.433. The van der Waals surface area contributed by atoms with E-state index < -0.39 is 11.9 Å². The minimum atomic E-state index is -0.649. The Morgan fingerprint density at radius 3 is 3.00 bits per heavy atom. The predicted octanol–water partition coefficient (Wildman–Crippen LogP) is 1.24. The molecular formula is C20H23FN4O3. The van der Waals surface area contributed by atoms with Crippen LogP contribution in [-0.4, -0.2) is 47.9 Å². The third-order valence-electron chi connectivity index (χ3n) is 4.67. The van der Waals surface area contributed by atoms with Gasteiger partial charge in [-0.05, 0) is 17.7 Å². The van der Waals surface area contributed by atoms with Gasteiger partial charge in [0.15, 0.2) is 0 Å². The van der Waals surface area contributed by atoms with Gasteiger partial charge in [0.1, 0.15) is 11.6 Å². The number of piperazine rings is 1. The Labute approximate surface area is 162 Å². The quantitative estimate of drug-likeness (QED) is 0.748. The lowest BCUT2D eigenvalue weighted by atomic mass is 10.1. The van der Waals surface area contributed by atoms with Crippen LogP contribution in [0.5, 0.6) is 5.75 Å². The molecule has 2 N–H and O–H groups in total. The molecule has 1 atom stereocenters. The summed E-state index contributed by atoms with van der Waals surface area (Å²) >= 11 is 0. The van der Waals surface area contributed by atoms with Crippen molar-refractivity contribution in [3.8, 4) is 5.75 Å². The van der Waals surface area contributed by atoms with E-state index in [9.17, 15) is 14.0 Å². The van der Waals surface area contributed by atoms with Crippen LogP contribution >= 0.6 is 0 Å². The molecule has 2 heterocycles. The first-order valence-corrected chi connectivity index (χ1v) is 9.06. The number of hydrogen-bond donors (Lipinski definition) is 2. The fourth-order valence-electron chi connectivity index (χ4n) is 3.13. The number of halogens is 1. The standard InChI is InChI=1S/C20H23FN4O3/c1-28-16-5-4-15(17(21)9-16)13-25-8-7-23-20(27)18(25)10-19(26)24-12-14-3-2-6-22-11-14/h2-6,9,11,18H,7-8,10,12-13H2,1H3,(H,23,27)(H,24,26). The largest absolute Gasteiger partial charge is 0.497 e. The van der Waals surface area contributed by atoms with Crippen molar-refractivity contribution in [3.05, 3.63) is 59.7 Å². The molecule has 148 valence electrons. The van der Waals surface area contributed by atoms with Crippen molar-refractivity contribution in [2.24, 2.45) is 0 Å². The number of hydrogen-bond acceptors (Lipinski definition) is 5. The van der Waals surface area contributed by atoms with Crippen LogP contribution in [0.25, 0.3) is 0 Å². The van der Waals surface area contributed by atoms with Crippen LogP contribution in [0.4, 0.5) is 4.39 Å². The average molecular weight is 386 g/mol. The number of rotatable bonds is 7. The van der Waals surface area contributed by atoms with Crippen LogP contribution in [0.15, 0.2) is 42.7 Å². The first-order chi connectivity index (χ1) is 13.6. The van der Waals surface area contributed by atoms with E-state index in [4.69, 9.17) is 4.74 Å². The number of pyridine rings is 1. The topological polar surface area (TPSA) is 83.6 Å². The molecule has 1 fully saturated rings. The Hall–Kier alpha value is -3.00. The monoisotopic (exact) mass is 386 g/mol. The highest BCUT2D eigenvalue weighted by Crippen LogP contribution is 2.20. The van der Waals surface area contributed by atoms with Crippen molar-refractivity contribution in [3.63, 3.8) is 0 Å². The zero-order valence-corrected chi connectivity index (χ0v) is 15.7. The van der Waals surface area contributed by atoms with Gasteiger partial charge in [0, 0.05) is 50.2 Å². The number of carbonyl (C=O) groups is 2. The molecule has 8 heteroatoms. The Morgan fingerprint density at radius 1 is 1.43 bits per heavy atom. The molecule has 1 aliphatic heterocycles. The van der Waals surface area contributed by atoms with Gasteiger partial charge in [0.25, 0.3) is 0 Å². The lowest BCUT2D eigenvalue weighted by Crippen LogP contribution is -2.56. The van der Waals surface area contributed by atoms with Crippen molar-refractivity contribution in [2.45, 2.75) is 25.6 Å². The number of aromatic nitrogens is 1. The van der Waals surface area contributed by atoms with Crippen molar-refractivity contribution in [1.29, 1.82) is 0 Å². The van der Waals surface area contributed by atoms with Crippen molar-refractivity contribution in [1.82, 2.24) is 20.5 Å². The first-order valence-electron chi connectivity index (χ1n) is 9.06. The first kappa shape index (κ1) is 19.8. The van der Waals surface area contributed by atoms with E-state index in [1.807, 2.05) is 11.0 Å². The molecular weight excluding hydrogens is 363 g/mol. The molecule has 0 bridgehead atoms. The molecule has 1 aromatic carbocycles. The van der Waals surface area contributed by atoms with Crippen molar-refractivity contribution >= 4 is 11.8 Å². The molecule has 2 amide bonds. The third kappa shape index (κ3) is 5.04. The van der Waals surface area contributed by atoms with E-state index in [0.717, 1.165) is 5.56 Å². The normalized spacial score (nSPS) is 17.1. The Balaban J connectivity index is 1.63. The summed E-state index contributed by atoms with van der Waals surface area (Å²) in [6, 6.07) is 7.64. The summed E-state index contributed by atoms with van der Waals surface area (Å²) in [5.41, 5.74) is 1.33. The van der Waals surface area contributed by atoms with E-state index in [1.165, 1.54) is 13.2 Å². The lowest BCUT2D eigenvalue weighted by Gasteiger charge is -2.34. The average Bonchev–Trinajstić information content (AvgIpc) is 2.71. The van der Waals surface area contributed by atoms with Gasteiger partial charge in [-0.2, -0.15) is 0 Å². The van der Waals surface area contributed by atoms with Gasteiger partial charge in [-0.1, -0.05) is 12.1 Å². The number of nitrogens with one attached hydrogen (secondary N) is 2. The van der Waals surface area contributed by atoms with Gasteiger partial charge in [0.05, 0.1) is 19.6 Å². The van der Waals surface area contributed by atoms with Crippen LogP contribution in [-0.2, 0) is 22.7 Å². The molecule has 0 spiro atoms. The highest BCUT2D eigenvalue weighted by atomic mass is 19.1. The summed E-state index contributed by atoms with van der Waals surface area (Å²) in [5, 5.41) is 5.58. The minimum absolute atomic E-state index is 0.00384. The number of ether oxygens (including phenoxy) is 1. The third-order valence-corrected chi connectivity index (χ3v) is 4.67. The maximum Gasteiger partial charge on any atom is 0.237 e. The van der Waals surface area contributed by atoms with E-state index in [1.54, 1.807) is 30.6 Å². The zero-order chi connectivity index (χ0) is 19.9. The van der Waals surface area contributed by atoms with E-state index >= 15 is 0 Å². The molecule has 1 aliphatic rings. The van der Waals surface area contributed by atoms with Crippen molar-refractivity contribution < 1.29 is 18.7 Å². The van der Waals surface area contributed by atoms with Crippen LogP contribution in [0, 0.1) is 5.82 Å². The molecule has 1 unspecified atom stereocenters. The Morgan fingerprint density at radius 2 is 2.29 bits per heavy atom. The van der Waals surface area contributed by atoms with Crippen LogP contribution < -0.4 is 15.4 Å². The molecule has 28 heavy (non-hydrogen) atoms. The number of methoxy groups -OCH3 is 1. The minimum Gasteiger partial charge on any atom is -0.497 e. The van der Waals surface area contributed by atoms with Crippen LogP contribution in [0.2, 0.25) is 0 Å². The number of nitrogens with zero attached hydrogens (tertiary/aromatic N) is 2. The summed E-state index contributed by atoms with van der Waals surface area (Å²) in [6.07, 6.45) is 3.34. The van der Waals surface area contributed by atoms with E-state index in [2.05, 4.69) is 15.6 Å². The second kappa shape index (κ2) is 9.27. The SMILES string of the molecule is COc1ccc(CN2CCNC(=O)C2CC(=O)NCc2cccnc2)c(F)c1. The van der Waals surface area contributed by atoms with Gasteiger partial charge in [0.2, 0.25) is 11.8 Å². The smallest absolute Gasteiger partial charge is 0.237 e. The fraction of sp³-hybridized carbons (Fsp3) is 0.350. The molecule has 2 aromatic rings. The number of carbonyl (C=O) groups excluding carboxylic acids is 2. The van der Waals surface area contributed by atoms with Crippen molar-refractivity contribution in [2.75, 3.05) is 20.2 Å². The molecule has 7 nitrogen and oxygen atoms in total. The molecule has 0 aliphatic carbocycles. The van der Waals surface area contributed by atoms with E-state index in [-0.39, 0.29) is 24.8 Å². The predicted molar refractivity (Wildman–Crippen MR) is 101 cm³/mol. The fourth-order valence-corrected chi connectivity index (χ4v) is 3.13. The summed E-state index contributed by atoms with van der Waals surface area (Å²) in [7, 11) is 1.48. The highest BCUT2D eigenvalue weighted by molar-refractivity contribution is 5.88. The maximum atomic E-state index is 14.3. The molecule has 0 saturated carbocycles. The van der Waals surface area contributed by atoms with Gasteiger partial charge in [-0.15, -0.1) is 0 Å². The van der Waals surface area contributed by atoms with E-state index in [0.29, 0.717) is 30.9 Å². The summed E-state index contributed by atoms with van der Waals surface area (Å²) < 4.78 is 19.3. The van der Waals surface area contributed by atoms with Gasteiger partial charge >= 0.3 is 0 Å².